The van der Waals surface area contributed by atoms with Gasteiger partial charge in [-0.05, 0) is 26.2 Å². The minimum absolute atomic E-state index is 0.461. The molecule has 1 radical (unpaired) electrons. The third-order valence-corrected chi connectivity index (χ3v) is 1.28. The van der Waals surface area contributed by atoms with Crippen LogP contribution in [0, 0.1) is 12.8 Å². The van der Waals surface area contributed by atoms with Gasteiger partial charge in [-0.1, -0.05) is 0 Å². The van der Waals surface area contributed by atoms with E-state index in [4.69, 9.17) is 4.74 Å². The molecule has 0 saturated carbocycles. The van der Waals surface area contributed by atoms with Crippen LogP contribution in [0.3, 0.4) is 0 Å². The van der Waals surface area contributed by atoms with Crippen molar-refractivity contribution in [3.63, 3.8) is 0 Å². The van der Waals surface area contributed by atoms with Crippen LogP contribution in [0.1, 0.15) is 13.3 Å². The van der Waals surface area contributed by atoms with E-state index in [1.807, 2.05) is 0 Å². The van der Waals surface area contributed by atoms with Crippen molar-refractivity contribution >= 4 is 0 Å². The molecule has 0 spiro atoms. The summed E-state index contributed by atoms with van der Waals surface area (Å²) in [7, 11) is 0. The Hall–Kier alpha value is -0.0400. The fourth-order valence-corrected chi connectivity index (χ4v) is 0.906. The number of ether oxygens (including phenoxy) is 1. The SMILES string of the molecule is [CH2]C1COC(C)C1. The van der Waals surface area contributed by atoms with Gasteiger partial charge in [0.1, 0.15) is 0 Å². The molecule has 7 heavy (non-hydrogen) atoms. The molecule has 1 rings (SSSR count). The summed E-state index contributed by atoms with van der Waals surface area (Å²) in [6.07, 6.45) is 1.60. The van der Waals surface area contributed by atoms with Crippen molar-refractivity contribution in [2.45, 2.75) is 19.4 Å². The maximum Gasteiger partial charge on any atom is 0.0550 e. The topological polar surface area (TPSA) is 9.23 Å². The van der Waals surface area contributed by atoms with Gasteiger partial charge < -0.3 is 4.74 Å². The second-order valence-corrected chi connectivity index (χ2v) is 2.25. The average molecular weight is 99.2 g/mol. The van der Waals surface area contributed by atoms with Crippen molar-refractivity contribution in [3.8, 4) is 0 Å². The van der Waals surface area contributed by atoms with Crippen LogP contribution < -0.4 is 0 Å². The second-order valence-electron chi connectivity index (χ2n) is 2.25. The molecule has 2 unspecified atom stereocenters. The van der Waals surface area contributed by atoms with Crippen molar-refractivity contribution in [2.75, 3.05) is 6.61 Å². The van der Waals surface area contributed by atoms with Gasteiger partial charge >= 0.3 is 0 Å². The van der Waals surface area contributed by atoms with Crippen LogP contribution >= 0.6 is 0 Å². The zero-order valence-electron chi connectivity index (χ0n) is 4.68. The van der Waals surface area contributed by atoms with E-state index in [0.29, 0.717) is 12.0 Å². The first kappa shape index (κ1) is 5.10. The monoisotopic (exact) mass is 99.1 g/mol. The molecule has 1 heterocycles. The van der Waals surface area contributed by atoms with Crippen LogP contribution in [-0.2, 0) is 4.74 Å². The molecule has 1 fully saturated rings. The zero-order chi connectivity index (χ0) is 5.28. The smallest absolute Gasteiger partial charge is 0.0550 e. The minimum Gasteiger partial charge on any atom is -0.378 e. The Morgan fingerprint density at radius 1 is 1.71 bits per heavy atom. The molecule has 1 heteroatoms. The highest BCUT2D eigenvalue weighted by Crippen LogP contribution is 2.16. The lowest BCUT2D eigenvalue weighted by Crippen LogP contribution is -1.94. The highest BCUT2D eigenvalue weighted by atomic mass is 16.5. The molecule has 1 saturated heterocycles. The molecule has 1 nitrogen and oxygen atoms in total. The Bertz CT molecular complexity index is 53.2. The lowest BCUT2D eigenvalue weighted by Gasteiger charge is -1.94. The minimum atomic E-state index is 0.461. The molecule has 0 aromatic heterocycles. The van der Waals surface area contributed by atoms with E-state index in [0.717, 1.165) is 13.0 Å². The van der Waals surface area contributed by atoms with Crippen LogP contribution in [0.2, 0.25) is 0 Å². The summed E-state index contributed by atoms with van der Waals surface area (Å²) in [5.74, 6) is 0.551. The van der Waals surface area contributed by atoms with Crippen molar-refractivity contribution in [1.82, 2.24) is 0 Å². The van der Waals surface area contributed by atoms with Gasteiger partial charge in [0.2, 0.25) is 0 Å². The van der Waals surface area contributed by atoms with E-state index in [9.17, 15) is 0 Å². The highest BCUT2D eigenvalue weighted by Gasteiger charge is 2.16. The third-order valence-electron chi connectivity index (χ3n) is 1.28. The standard InChI is InChI=1S/C6H11O/c1-5-3-6(2)7-4-5/h5-6H,1,3-4H2,2H3. The van der Waals surface area contributed by atoms with E-state index >= 15 is 0 Å². The number of rotatable bonds is 0. The Morgan fingerprint density at radius 2 is 2.43 bits per heavy atom. The van der Waals surface area contributed by atoms with Gasteiger partial charge in [-0.2, -0.15) is 0 Å². The normalized spacial score (nSPS) is 42.0. The van der Waals surface area contributed by atoms with E-state index in [-0.39, 0.29) is 0 Å². The Balaban J connectivity index is 2.26. The summed E-state index contributed by atoms with van der Waals surface area (Å²) in [5, 5.41) is 0. The maximum absolute atomic E-state index is 5.20. The molecule has 0 amide bonds. The lowest BCUT2D eigenvalue weighted by molar-refractivity contribution is 0.122. The highest BCUT2D eigenvalue weighted by molar-refractivity contribution is 4.70. The molecule has 1 aliphatic heterocycles. The fourth-order valence-electron chi connectivity index (χ4n) is 0.906. The summed E-state index contributed by atoms with van der Waals surface area (Å²) in [5.41, 5.74) is 0. The van der Waals surface area contributed by atoms with Crippen LogP contribution in [0.4, 0.5) is 0 Å². The molecule has 2 atom stereocenters. The first-order valence-corrected chi connectivity index (χ1v) is 2.73. The first-order valence-electron chi connectivity index (χ1n) is 2.73. The van der Waals surface area contributed by atoms with Gasteiger partial charge in [-0.25, -0.2) is 0 Å². The largest absolute Gasteiger partial charge is 0.378 e. The molecule has 1 aliphatic rings. The molecule has 0 aromatic carbocycles. The van der Waals surface area contributed by atoms with Gasteiger partial charge in [-0.15, -0.1) is 0 Å². The summed E-state index contributed by atoms with van der Waals surface area (Å²) < 4.78 is 5.20. The van der Waals surface area contributed by atoms with Gasteiger partial charge in [0.05, 0.1) is 6.10 Å². The molecule has 0 aromatic rings. The van der Waals surface area contributed by atoms with Crippen LogP contribution in [-0.4, -0.2) is 12.7 Å². The second kappa shape index (κ2) is 1.83. The van der Waals surface area contributed by atoms with Crippen LogP contribution in [0.25, 0.3) is 0 Å². The van der Waals surface area contributed by atoms with Gasteiger partial charge in [0.25, 0.3) is 0 Å². The Labute approximate surface area is 44.7 Å². The summed E-state index contributed by atoms with van der Waals surface area (Å²) in [6, 6.07) is 0. The van der Waals surface area contributed by atoms with Gasteiger partial charge in [-0.3, -0.25) is 0 Å². The van der Waals surface area contributed by atoms with E-state index in [1.54, 1.807) is 0 Å². The Kier molecular flexibility index (Phi) is 1.33. The van der Waals surface area contributed by atoms with Crippen molar-refractivity contribution in [2.24, 2.45) is 5.92 Å². The fraction of sp³-hybridized carbons (Fsp3) is 0.833. The number of hydrogen-bond donors (Lipinski definition) is 0. The predicted molar refractivity (Wildman–Crippen MR) is 28.9 cm³/mol. The molecular weight excluding hydrogens is 88.1 g/mol. The average Bonchev–Trinajstić information content (AvgIpc) is 1.87. The van der Waals surface area contributed by atoms with E-state index < -0.39 is 0 Å². The van der Waals surface area contributed by atoms with Crippen molar-refractivity contribution in [3.05, 3.63) is 6.92 Å². The molecule has 0 aliphatic carbocycles. The van der Waals surface area contributed by atoms with Gasteiger partial charge in [0, 0.05) is 6.61 Å². The molecule has 0 N–H and O–H groups in total. The van der Waals surface area contributed by atoms with Crippen molar-refractivity contribution < 1.29 is 4.74 Å². The van der Waals surface area contributed by atoms with Crippen molar-refractivity contribution in [1.29, 1.82) is 0 Å². The molecular formula is C6H11O. The summed E-state index contributed by atoms with van der Waals surface area (Å²) in [4.78, 5) is 0. The molecule has 0 bridgehead atoms. The van der Waals surface area contributed by atoms with E-state index in [1.165, 1.54) is 0 Å². The third kappa shape index (κ3) is 1.16. The first-order chi connectivity index (χ1) is 3.29. The van der Waals surface area contributed by atoms with Crippen LogP contribution in [0.5, 0.6) is 0 Å². The molecule has 41 valence electrons. The van der Waals surface area contributed by atoms with Crippen LogP contribution in [0.15, 0.2) is 0 Å². The zero-order valence-corrected chi connectivity index (χ0v) is 4.68. The summed E-state index contributed by atoms with van der Waals surface area (Å²) in [6.45, 7) is 6.81. The van der Waals surface area contributed by atoms with E-state index in [2.05, 4.69) is 13.8 Å². The number of hydrogen-bond acceptors (Lipinski definition) is 1. The van der Waals surface area contributed by atoms with Gasteiger partial charge in [0.15, 0.2) is 0 Å². The predicted octanol–water partition coefficient (Wildman–Crippen LogP) is 1.25. The summed E-state index contributed by atoms with van der Waals surface area (Å²) >= 11 is 0. The maximum atomic E-state index is 5.20. The quantitative estimate of drug-likeness (QED) is 0.444. The Morgan fingerprint density at radius 3 is 2.57 bits per heavy atom. The lowest BCUT2D eigenvalue weighted by atomic mass is 10.1.